The van der Waals surface area contributed by atoms with E-state index in [4.69, 9.17) is 14.6 Å². The molecule has 0 amide bonds. The molecular formula is C19H36O5. The van der Waals surface area contributed by atoms with Gasteiger partial charge in [0.1, 0.15) is 24.4 Å². The SMILES string of the molecule is CCC/C=C/CCCCCCCCO[C@H]1[C@@H]([C@@H](O)CO)OC[C@H]1O. The lowest BCUT2D eigenvalue weighted by atomic mass is 10.1. The molecule has 0 bridgehead atoms. The third-order valence-electron chi connectivity index (χ3n) is 4.43. The Morgan fingerprint density at radius 2 is 1.75 bits per heavy atom. The average molecular weight is 344 g/mol. The van der Waals surface area contributed by atoms with Gasteiger partial charge in [0.25, 0.3) is 0 Å². The zero-order valence-electron chi connectivity index (χ0n) is 15.1. The van der Waals surface area contributed by atoms with Crippen LogP contribution in [-0.2, 0) is 9.47 Å². The molecule has 3 N–H and O–H groups in total. The predicted molar refractivity (Wildman–Crippen MR) is 94.9 cm³/mol. The summed E-state index contributed by atoms with van der Waals surface area (Å²) in [6.07, 6.45) is 12.3. The van der Waals surface area contributed by atoms with Gasteiger partial charge in [-0.2, -0.15) is 0 Å². The standard InChI is InChI=1S/C19H36O5/c1-2-3-4-5-6-7-8-9-10-11-12-13-23-19-17(22)15-24-18(19)16(21)14-20/h4-5,16-22H,2-3,6-15H2,1H3/b5-4+/t16-,17+,18+,19+/m0/s1. The molecule has 0 unspecified atom stereocenters. The van der Waals surface area contributed by atoms with Gasteiger partial charge in [-0.3, -0.25) is 0 Å². The van der Waals surface area contributed by atoms with Crippen LogP contribution < -0.4 is 0 Å². The molecule has 0 saturated carbocycles. The second-order valence-corrected chi connectivity index (χ2v) is 6.62. The van der Waals surface area contributed by atoms with Crippen LogP contribution in [0, 0.1) is 0 Å². The summed E-state index contributed by atoms with van der Waals surface area (Å²) in [7, 11) is 0. The smallest absolute Gasteiger partial charge is 0.114 e. The van der Waals surface area contributed by atoms with Gasteiger partial charge in [0, 0.05) is 6.61 Å². The van der Waals surface area contributed by atoms with Crippen LogP contribution in [0.1, 0.15) is 64.7 Å². The van der Waals surface area contributed by atoms with Crippen molar-refractivity contribution in [2.75, 3.05) is 19.8 Å². The summed E-state index contributed by atoms with van der Waals surface area (Å²) >= 11 is 0. The monoisotopic (exact) mass is 344 g/mol. The van der Waals surface area contributed by atoms with Gasteiger partial charge in [0.05, 0.1) is 13.2 Å². The van der Waals surface area contributed by atoms with Crippen LogP contribution in [0.15, 0.2) is 12.2 Å². The van der Waals surface area contributed by atoms with Crippen molar-refractivity contribution in [1.29, 1.82) is 0 Å². The second kappa shape index (κ2) is 13.8. The van der Waals surface area contributed by atoms with Crippen LogP contribution in [0.4, 0.5) is 0 Å². The van der Waals surface area contributed by atoms with E-state index in [1.165, 1.54) is 44.9 Å². The summed E-state index contributed by atoms with van der Waals surface area (Å²) in [5.74, 6) is 0. The van der Waals surface area contributed by atoms with E-state index in [1.807, 2.05) is 0 Å². The van der Waals surface area contributed by atoms with Crippen LogP contribution in [0.3, 0.4) is 0 Å². The van der Waals surface area contributed by atoms with Crippen LogP contribution in [-0.4, -0.2) is 59.6 Å². The zero-order chi connectivity index (χ0) is 17.6. The van der Waals surface area contributed by atoms with E-state index in [1.54, 1.807) is 0 Å². The summed E-state index contributed by atoms with van der Waals surface area (Å²) in [4.78, 5) is 0. The van der Waals surface area contributed by atoms with Crippen molar-refractivity contribution in [3.63, 3.8) is 0 Å². The number of hydrogen-bond donors (Lipinski definition) is 3. The van der Waals surface area contributed by atoms with E-state index in [-0.39, 0.29) is 13.2 Å². The predicted octanol–water partition coefficient (Wildman–Crippen LogP) is 2.57. The van der Waals surface area contributed by atoms with Gasteiger partial charge in [0.2, 0.25) is 0 Å². The Bertz CT molecular complexity index is 321. The molecular weight excluding hydrogens is 308 g/mol. The maximum atomic E-state index is 9.83. The average Bonchev–Trinajstić information content (AvgIpc) is 2.96. The first-order valence-electron chi connectivity index (χ1n) is 9.55. The number of allylic oxidation sites excluding steroid dienone is 2. The van der Waals surface area contributed by atoms with Gasteiger partial charge >= 0.3 is 0 Å². The first-order chi connectivity index (χ1) is 11.7. The van der Waals surface area contributed by atoms with Crippen LogP contribution in [0.2, 0.25) is 0 Å². The molecule has 0 spiro atoms. The lowest BCUT2D eigenvalue weighted by Crippen LogP contribution is -2.42. The minimum atomic E-state index is -1.00. The molecule has 0 aromatic rings. The molecule has 4 atom stereocenters. The van der Waals surface area contributed by atoms with Gasteiger partial charge in [-0.05, 0) is 25.7 Å². The summed E-state index contributed by atoms with van der Waals surface area (Å²) in [6.45, 7) is 2.52. The van der Waals surface area contributed by atoms with Crippen molar-refractivity contribution in [3.8, 4) is 0 Å². The van der Waals surface area contributed by atoms with Crippen LogP contribution >= 0.6 is 0 Å². The Hall–Kier alpha value is -0.460. The normalized spacial score (nSPS) is 25.6. The Morgan fingerprint density at radius 1 is 1.08 bits per heavy atom. The van der Waals surface area contributed by atoms with E-state index >= 15 is 0 Å². The van der Waals surface area contributed by atoms with Crippen molar-refractivity contribution >= 4 is 0 Å². The second-order valence-electron chi connectivity index (χ2n) is 6.62. The van der Waals surface area contributed by atoms with Crippen LogP contribution in [0.25, 0.3) is 0 Å². The third-order valence-corrected chi connectivity index (χ3v) is 4.43. The maximum absolute atomic E-state index is 9.83. The van der Waals surface area contributed by atoms with Gasteiger partial charge in [-0.25, -0.2) is 0 Å². The van der Waals surface area contributed by atoms with Crippen molar-refractivity contribution in [1.82, 2.24) is 0 Å². The highest BCUT2D eigenvalue weighted by Gasteiger charge is 2.40. The highest BCUT2D eigenvalue weighted by Crippen LogP contribution is 2.21. The van der Waals surface area contributed by atoms with Gasteiger partial charge in [0.15, 0.2) is 0 Å². The molecule has 1 fully saturated rings. The fourth-order valence-corrected chi connectivity index (χ4v) is 2.95. The lowest BCUT2D eigenvalue weighted by Gasteiger charge is -2.23. The number of hydrogen-bond acceptors (Lipinski definition) is 5. The first-order valence-corrected chi connectivity index (χ1v) is 9.55. The highest BCUT2D eigenvalue weighted by atomic mass is 16.6. The summed E-state index contributed by atoms with van der Waals surface area (Å²) < 4.78 is 11.0. The fraction of sp³-hybridized carbons (Fsp3) is 0.895. The number of ether oxygens (including phenoxy) is 2. The van der Waals surface area contributed by atoms with Gasteiger partial charge < -0.3 is 24.8 Å². The maximum Gasteiger partial charge on any atom is 0.114 e. The summed E-state index contributed by atoms with van der Waals surface area (Å²) in [5.41, 5.74) is 0. The lowest BCUT2D eigenvalue weighted by molar-refractivity contribution is -0.0938. The molecule has 0 aromatic heterocycles. The minimum Gasteiger partial charge on any atom is -0.394 e. The summed E-state index contributed by atoms with van der Waals surface area (Å²) in [5, 5.41) is 28.5. The Morgan fingerprint density at radius 3 is 2.46 bits per heavy atom. The van der Waals surface area contributed by atoms with E-state index in [0.29, 0.717) is 6.61 Å². The van der Waals surface area contributed by atoms with Gasteiger partial charge in [-0.15, -0.1) is 0 Å². The largest absolute Gasteiger partial charge is 0.394 e. The molecule has 1 saturated heterocycles. The molecule has 1 heterocycles. The van der Waals surface area contributed by atoms with Crippen molar-refractivity contribution in [2.45, 2.75) is 89.1 Å². The van der Waals surface area contributed by atoms with Crippen molar-refractivity contribution < 1.29 is 24.8 Å². The molecule has 1 aliphatic heterocycles. The molecule has 0 radical (unpaired) electrons. The number of rotatable bonds is 14. The van der Waals surface area contributed by atoms with Crippen molar-refractivity contribution in [3.05, 3.63) is 12.2 Å². The Balaban J connectivity index is 1.98. The minimum absolute atomic E-state index is 0.152. The molecule has 24 heavy (non-hydrogen) atoms. The van der Waals surface area contributed by atoms with Crippen LogP contribution in [0.5, 0.6) is 0 Å². The highest BCUT2D eigenvalue weighted by molar-refractivity contribution is 4.89. The zero-order valence-corrected chi connectivity index (χ0v) is 15.1. The van der Waals surface area contributed by atoms with Gasteiger partial charge in [-0.1, -0.05) is 51.2 Å². The molecule has 142 valence electrons. The topological polar surface area (TPSA) is 79.2 Å². The molecule has 0 aromatic carbocycles. The van der Waals surface area contributed by atoms with E-state index in [0.717, 1.165) is 12.8 Å². The van der Waals surface area contributed by atoms with E-state index < -0.39 is 24.4 Å². The summed E-state index contributed by atoms with van der Waals surface area (Å²) in [6, 6.07) is 0. The molecule has 1 aliphatic rings. The first kappa shape index (κ1) is 21.6. The number of unbranched alkanes of at least 4 members (excludes halogenated alkanes) is 7. The quantitative estimate of drug-likeness (QED) is 0.333. The fourth-order valence-electron chi connectivity index (χ4n) is 2.95. The third kappa shape index (κ3) is 8.58. The Kier molecular flexibility index (Phi) is 12.4. The van der Waals surface area contributed by atoms with E-state index in [9.17, 15) is 10.2 Å². The molecule has 5 heteroatoms. The number of aliphatic hydroxyl groups excluding tert-OH is 3. The number of aliphatic hydroxyl groups is 3. The van der Waals surface area contributed by atoms with Crippen molar-refractivity contribution in [2.24, 2.45) is 0 Å². The molecule has 0 aliphatic carbocycles. The molecule has 1 rings (SSSR count). The Labute approximate surface area is 146 Å². The van der Waals surface area contributed by atoms with E-state index in [2.05, 4.69) is 19.1 Å². The molecule has 5 nitrogen and oxygen atoms in total.